The van der Waals surface area contributed by atoms with Crippen molar-refractivity contribution < 1.29 is 29.6 Å². The molecule has 4 unspecified atom stereocenters. The zero-order chi connectivity index (χ0) is 19.4. The van der Waals surface area contributed by atoms with Crippen molar-refractivity contribution in [3.63, 3.8) is 0 Å². The maximum atomic E-state index is 12.9. The van der Waals surface area contributed by atoms with Gasteiger partial charge in [-0.05, 0) is 35.4 Å². The summed E-state index contributed by atoms with van der Waals surface area (Å²) >= 11 is 0. The van der Waals surface area contributed by atoms with Crippen LogP contribution in [0.15, 0.2) is 48.5 Å². The van der Waals surface area contributed by atoms with Crippen LogP contribution in [0.3, 0.4) is 0 Å². The van der Waals surface area contributed by atoms with E-state index in [1.165, 1.54) is 12.1 Å². The second-order valence-corrected chi connectivity index (χ2v) is 6.79. The zero-order valence-corrected chi connectivity index (χ0v) is 14.8. The smallest absolute Gasteiger partial charge is 0.123 e. The number of rotatable bonds is 6. The molecule has 6 nitrogen and oxygen atoms in total. The van der Waals surface area contributed by atoms with Crippen LogP contribution in [0.5, 0.6) is 5.75 Å². The van der Waals surface area contributed by atoms with E-state index < -0.39 is 24.4 Å². The van der Waals surface area contributed by atoms with Crippen molar-refractivity contribution in [3.8, 4) is 5.75 Å². The molecule has 146 valence electrons. The third-order valence-electron chi connectivity index (χ3n) is 4.84. The Bertz CT molecular complexity index is 724. The maximum absolute atomic E-state index is 12.9. The molecule has 2 aromatic carbocycles. The number of β-amino-alcohol motifs (C(OH)–C–C–N with tert-alkyl or cyclic N) is 1. The number of aliphatic hydroxyl groups is 4. The van der Waals surface area contributed by atoms with Crippen molar-refractivity contribution in [3.05, 3.63) is 65.5 Å². The van der Waals surface area contributed by atoms with E-state index >= 15 is 0 Å². The fourth-order valence-corrected chi connectivity index (χ4v) is 3.23. The lowest BCUT2D eigenvalue weighted by molar-refractivity contribution is -0.147. The summed E-state index contributed by atoms with van der Waals surface area (Å²) in [5.74, 6) is 0.376. The molecule has 0 aliphatic carbocycles. The summed E-state index contributed by atoms with van der Waals surface area (Å²) in [4.78, 5) is 1.75. The predicted molar refractivity (Wildman–Crippen MR) is 96.5 cm³/mol. The van der Waals surface area contributed by atoms with Crippen LogP contribution in [0.4, 0.5) is 4.39 Å². The van der Waals surface area contributed by atoms with Gasteiger partial charge in [-0.15, -0.1) is 0 Å². The Hall–Kier alpha value is -2.03. The van der Waals surface area contributed by atoms with Crippen LogP contribution in [0.25, 0.3) is 0 Å². The minimum Gasteiger partial charge on any atom is -0.489 e. The molecule has 0 spiro atoms. The van der Waals surface area contributed by atoms with Gasteiger partial charge >= 0.3 is 0 Å². The minimum atomic E-state index is -1.26. The van der Waals surface area contributed by atoms with E-state index in [0.717, 1.165) is 11.1 Å². The summed E-state index contributed by atoms with van der Waals surface area (Å²) < 4.78 is 18.6. The molecule has 1 aliphatic rings. The third-order valence-corrected chi connectivity index (χ3v) is 4.84. The molecule has 0 radical (unpaired) electrons. The van der Waals surface area contributed by atoms with Gasteiger partial charge in [0, 0.05) is 13.1 Å². The Morgan fingerprint density at radius 2 is 1.56 bits per heavy atom. The van der Waals surface area contributed by atoms with Crippen LogP contribution < -0.4 is 4.74 Å². The van der Waals surface area contributed by atoms with E-state index in [1.54, 1.807) is 29.2 Å². The SMILES string of the molecule is OCC1C(O)C(O)C(O)CN1Cc1ccc(OCc2ccc(F)cc2)cc1. The van der Waals surface area contributed by atoms with Gasteiger partial charge in [0.1, 0.15) is 30.4 Å². The van der Waals surface area contributed by atoms with E-state index in [4.69, 9.17) is 4.74 Å². The van der Waals surface area contributed by atoms with Crippen molar-refractivity contribution >= 4 is 0 Å². The Morgan fingerprint density at radius 1 is 0.926 bits per heavy atom. The molecule has 1 heterocycles. The average molecular weight is 377 g/mol. The summed E-state index contributed by atoms with van der Waals surface area (Å²) in [6.45, 7) is 0.578. The molecule has 0 bridgehead atoms. The van der Waals surface area contributed by atoms with Gasteiger partial charge in [-0.25, -0.2) is 4.39 Å². The molecule has 0 saturated carbocycles. The van der Waals surface area contributed by atoms with Crippen molar-refractivity contribution in [2.24, 2.45) is 0 Å². The largest absolute Gasteiger partial charge is 0.489 e. The molecule has 7 heteroatoms. The number of hydrogen-bond donors (Lipinski definition) is 4. The topological polar surface area (TPSA) is 93.4 Å². The van der Waals surface area contributed by atoms with Crippen molar-refractivity contribution in [1.29, 1.82) is 0 Å². The number of likely N-dealkylation sites (tertiary alicyclic amines) is 1. The lowest BCUT2D eigenvalue weighted by atomic mass is 9.94. The molecule has 2 aromatic rings. The fourth-order valence-electron chi connectivity index (χ4n) is 3.23. The summed E-state index contributed by atoms with van der Waals surface area (Å²) in [7, 11) is 0. The van der Waals surface area contributed by atoms with Gasteiger partial charge in [0.05, 0.1) is 18.8 Å². The highest BCUT2D eigenvalue weighted by Crippen LogP contribution is 2.22. The third kappa shape index (κ3) is 4.82. The van der Waals surface area contributed by atoms with Gasteiger partial charge < -0.3 is 25.2 Å². The average Bonchev–Trinajstić information content (AvgIpc) is 2.67. The number of hydrogen-bond acceptors (Lipinski definition) is 6. The number of piperidine rings is 1. The molecule has 4 N–H and O–H groups in total. The van der Waals surface area contributed by atoms with Crippen LogP contribution in [0.1, 0.15) is 11.1 Å². The van der Waals surface area contributed by atoms with Gasteiger partial charge in [0.2, 0.25) is 0 Å². The summed E-state index contributed by atoms with van der Waals surface area (Å²) in [5, 5.41) is 39.2. The maximum Gasteiger partial charge on any atom is 0.123 e. The van der Waals surface area contributed by atoms with Gasteiger partial charge in [0.15, 0.2) is 0 Å². The lowest BCUT2D eigenvalue weighted by Gasteiger charge is -2.43. The van der Waals surface area contributed by atoms with Crippen LogP contribution >= 0.6 is 0 Å². The predicted octanol–water partition coefficient (Wildman–Crippen LogP) is 0.664. The first-order valence-corrected chi connectivity index (χ1v) is 8.83. The normalized spacial score (nSPS) is 26.1. The minimum absolute atomic E-state index is 0.159. The van der Waals surface area contributed by atoms with Crippen molar-refractivity contribution in [2.75, 3.05) is 13.2 Å². The summed E-state index contributed by atoms with van der Waals surface area (Å²) in [5.41, 5.74) is 1.78. The first-order chi connectivity index (χ1) is 13.0. The highest BCUT2D eigenvalue weighted by molar-refractivity contribution is 5.28. The standard InChI is InChI=1S/C20H24FNO5/c21-15-5-1-14(2-6-15)12-27-16-7-3-13(4-8-16)9-22-10-18(24)20(26)19(25)17(22)11-23/h1-8,17-20,23-26H,9-12H2. The number of ether oxygens (including phenoxy) is 1. The summed E-state index contributed by atoms with van der Waals surface area (Å²) in [6, 6.07) is 12.8. The van der Waals surface area contributed by atoms with Crippen LogP contribution in [0, 0.1) is 5.82 Å². The monoisotopic (exact) mass is 377 g/mol. The van der Waals surface area contributed by atoms with E-state index in [-0.39, 0.29) is 19.0 Å². The highest BCUT2D eigenvalue weighted by atomic mass is 19.1. The first-order valence-electron chi connectivity index (χ1n) is 8.83. The Balaban J connectivity index is 1.59. The molecule has 1 saturated heterocycles. The van der Waals surface area contributed by atoms with E-state index in [0.29, 0.717) is 18.9 Å². The van der Waals surface area contributed by atoms with E-state index in [1.807, 2.05) is 12.1 Å². The van der Waals surface area contributed by atoms with Crippen molar-refractivity contribution in [2.45, 2.75) is 37.5 Å². The number of aliphatic hydroxyl groups excluding tert-OH is 4. The molecule has 27 heavy (non-hydrogen) atoms. The van der Waals surface area contributed by atoms with Gasteiger partial charge in [-0.1, -0.05) is 24.3 Å². The molecular weight excluding hydrogens is 353 g/mol. The molecule has 1 aliphatic heterocycles. The van der Waals surface area contributed by atoms with E-state index in [9.17, 15) is 24.8 Å². The van der Waals surface area contributed by atoms with Crippen LogP contribution in [0.2, 0.25) is 0 Å². The fraction of sp³-hybridized carbons (Fsp3) is 0.400. The number of nitrogens with zero attached hydrogens (tertiary/aromatic N) is 1. The van der Waals surface area contributed by atoms with Gasteiger partial charge in [-0.2, -0.15) is 0 Å². The Morgan fingerprint density at radius 3 is 2.19 bits per heavy atom. The Labute approximate surface area is 157 Å². The molecular formula is C20H24FNO5. The van der Waals surface area contributed by atoms with Crippen LogP contribution in [-0.2, 0) is 13.2 Å². The second-order valence-electron chi connectivity index (χ2n) is 6.79. The highest BCUT2D eigenvalue weighted by Gasteiger charge is 2.40. The first kappa shape index (κ1) is 19.7. The quantitative estimate of drug-likeness (QED) is 0.591. The number of benzene rings is 2. The molecule has 0 amide bonds. The van der Waals surface area contributed by atoms with Gasteiger partial charge in [0.25, 0.3) is 0 Å². The molecule has 3 rings (SSSR count). The van der Waals surface area contributed by atoms with Gasteiger partial charge in [-0.3, -0.25) is 4.90 Å². The van der Waals surface area contributed by atoms with E-state index in [2.05, 4.69) is 0 Å². The molecule has 4 atom stereocenters. The van der Waals surface area contributed by atoms with Crippen LogP contribution in [-0.4, -0.2) is 62.8 Å². The zero-order valence-electron chi connectivity index (χ0n) is 14.8. The molecule has 1 fully saturated rings. The molecule has 0 aromatic heterocycles. The van der Waals surface area contributed by atoms with Crippen molar-refractivity contribution in [1.82, 2.24) is 4.90 Å². The Kier molecular flexibility index (Phi) is 6.41. The number of halogens is 1. The summed E-state index contributed by atoms with van der Waals surface area (Å²) in [6.07, 6.45) is -3.54. The lowest BCUT2D eigenvalue weighted by Crippen LogP contribution is -2.62. The second kappa shape index (κ2) is 8.77.